The third-order valence-electron chi connectivity index (χ3n) is 3.13. The van der Waals surface area contributed by atoms with Crippen LogP contribution in [0.25, 0.3) is 0 Å². The van der Waals surface area contributed by atoms with Gasteiger partial charge in [-0.1, -0.05) is 11.4 Å². The third-order valence-corrected chi connectivity index (χ3v) is 4.52. The van der Waals surface area contributed by atoms with Gasteiger partial charge in [0.1, 0.15) is 0 Å². The second kappa shape index (κ2) is 3.78. The van der Waals surface area contributed by atoms with Crippen LogP contribution in [-0.2, 0) is 6.42 Å². The Bertz CT molecular complexity index is 318. The Labute approximate surface area is 93.8 Å². The molecule has 1 fully saturated rings. The molecule has 0 bridgehead atoms. The largest absolute Gasteiger partial charge is 0.143 e. The molecule has 2 nitrogen and oxygen atoms in total. The Kier molecular flexibility index (Phi) is 2.80. The van der Waals surface area contributed by atoms with Crippen LogP contribution in [0.3, 0.4) is 0 Å². The molecule has 4 heteroatoms. The minimum absolute atomic E-state index is 0.347. The van der Waals surface area contributed by atoms with Crippen molar-refractivity contribution < 1.29 is 0 Å². The van der Waals surface area contributed by atoms with Gasteiger partial charge in [-0.05, 0) is 49.1 Å². The standard InChI is InChI=1S/C10H15ClN2S/c1-7-3-10(4-7,6-11)5-9-8(2)12-13-14-9/h7H,3-6H2,1-2H3. The SMILES string of the molecule is Cc1nnsc1CC1(CCl)CC(C)C1. The summed E-state index contributed by atoms with van der Waals surface area (Å²) >= 11 is 7.58. The van der Waals surface area contributed by atoms with E-state index in [1.54, 1.807) is 0 Å². The van der Waals surface area contributed by atoms with Crippen LogP contribution in [0.1, 0.15) is 30.3 Å². The Morgan fingerprint density at radius 2 is 2.29 bits per heavy atom. The van der Waals surface area contributed by atoms with E-state index in [4.69, 9.17) is 11.6 Å². The van der Waals surface area contributed by atoms with Gasteiger partial charge in [-0.15, -0.1) is 16.7 Å². The fourth-order valence-corrected chi connectivity index (χ4v) is 3.59. The number of aryl methyl sites for hydroxylation is 1. The lowest BCUT2D eigenvalue weighted by molar-refractivity contribution is 0.0932. The van der Waals surface area contributed by atoms with Crippen LogP contribution in [0.15, 0.2) is 0 Å². The second-order valence-corrected chi connectivity index (χ2v) is 5.71. The van der Waals surface area contributed by atoms with Gasteiger partial charge in [0.25, 0.3) is 0 Å². The van der Waals surface area contributed by atoms with E-state index in [1.165, 1.54) is 29.3 Å². The third kappa shape index (κ3) is 1.80. The van der Waals surface area contributed by atoms with E-state index < -0.39 is 0 Å². The van der Waals surface area contributed by atoms with Crippen molar-refractivity contribution in [3.8, 4) is 0 Å². The highest BCUT2D eigenvalue weighted by atomic mass is 35.5. The van der Waals surface area contributed by atoms with E-state index in [-0.39, 0.29) is 0 Å². The molecule has 2 rings (SSSR count). The van der Waals surface area contributed by atoms with Crippen molar-refractivity contribution in [2.75, 3.05) is 5.88 Å². The number of nitrogens with zero attached hydrogens (tertiary/aromatic N) is 2. The first-order chi connectivity index (χ1) is 6.65. The molecule has 0 saturated heterocycles. The molecule has 0 atom stereocenters. The van der Waals surface area contributed by atoms with Gasteiger partial charge in [0, 0.05) is 10.8 Å². The molecule has 0 unspecified atom stereocenters. The van der Waals surface area contributed by atoms with Crippen molar-refractivity contribution in [3.05, 3.63) is 10.6 Å². The van der Waals surface area contributed by atoms with Crippen LogP contribution in [-0.4, -0.2) is 15.5 Å². The van der Waals surface area contributed by atoms with Crippen molar-refractivity contribution in [2.24, 2.45) is 11.3 Å². The van der Waals surface area contributed by atoms with Crippen molar-refractivity contribution in [2.45, 2.75) is 33.1 Å². The molecule has 0 amide bonds. The molecule has 14 heavy (non-hydrogen) atoms. The molecule has 1 saturated carbocycles. The molecule has 1 aromatic heterocycles. The molecule has 0 radical (unpaired) electrons. The number of hydrogen-bond acceptors (Lipinski definition) is 3. The van der Waals surface area contributed by atoms with Gasteiger partial charge in [0.2, 0.25) is 0 Å². The van der Waals surface area contributed by atoms with Gasteiger partial charge < -0.3 is 0 Å². The monoisotopic (exact) mass is 230 g/mol. The highest BCUT2D eigenvalue weighted by molar-refractivity contribution is 7.05. The summed E-state index contributed by atoms with van der Waals surface area (Å²) in [5, 5.41) is 4.04. The molecule has 0 spiro atoms. The van der Waals surface area contributed by atoms with Gasteiger partial charge in [-0.25, -0.2) is 0 Å². The topological polar surface area (TPSA) is 25.8 Å². The fraction of sp³-hybridized carbons (Fsp3) is 0.800. The van der Waals surface area contributed by atoms with Gasteiger partial charge in [-0.3, -0.25) is 0 Å². The first kappa shape index (κ1) is 10.4. The first-order valence-electron chi connectivity index (χ1n) is 4.99. The predicted octanol–water partition coefficient (Wildman–Crippen LogP) is 3.04. The van der Waals surface area contributed by atoms with Gasteiger partial charge >= 0.3 is 0 Å². The van der Waals surface area contributed by atoms with Crippen molar-refractivity contribution in [1.29, 1.82) is 0 Å². The predicted molar refractivity (Wildman–Crippen MR) is 59.9 cm³/mol. The van der Waals surface area contributed by atoms with Crippen molar-refractivity contribution >= 4 is 23.1 Å². The molecule has 0 aliphatic heterocycles. The number of rotatable bonds is 3. The molecule has 0 N–H and O–H groups in total. The number of aromatic nitrogens is 2. The zero-order valence-electron chi connectivity index (χ0n) is 8.59. The summed E-state index contributed by atoms with van der Waals surface area (Å²) in [7, 11) is 0. The van der Waals surface area contributed by atoms with Crippen LogP contribution in [0.4, 0.5) is 0 Å². The average Bonchev–Trinajstić information content (AvgIpc) is 2.48. The highest BCUT2D eigenvalue weighted by Gasteiger charge is 2.41. The molecule has 1 aliphatic carbocycles. The minimum atomic E-state index is 0.347. The molecular weight excluding hydrogens is 216 g/mol. The summed E-state index contributed by atoms with van der Waals surface area (Å²) in [6.45, 7) is 4.32. The highest BCUT2D eigenvalue weighted by Crippen LogP contribution is 2.49. The Balaban J connectivity index is 2.06. The van der Waals surface area contributed by atoms with E-state index >= 15 is 0 Å². The summed E-state index contributed by atoms with van der Waals surface area (Å²) < 4.78 is 3.97. The smallest absolute Gasteiger partial charge is 0.0756 e. The van der Waals surface area contributed by atoms with Gasteiger partial charge in [-0.2, -0.15) is 0 Å². The molecule has 1 heterocycles. The first-order valence-corrected chi connectivity index (χ1v) is 6.30. The maximum absolute atomic E-state index is 6.06. The zero-order valence-corrected chi connectivity index (χ0v) is 10.2. The summed E-state index contributed by atoms with van der Waals surface area (Å²) in [5.74, 6) is 1.62. The lowest BCUT2D eigenvalue weighted by Gasteiger charge is -2.45. The quantitative estimate of drug-likeness (QED) is 0.746. The van der Waals surface area contributed by atoms with E-state index in [9.17, 15) is 0 Å². The van der Waals surface area contributed by atoms with E-state index in [0.29, 0.717) is 5.41 Å². The second-order valence-electron chi connectivity index (χ2n) is 4.61. The molecular formula is C10H15ClN2S. The van der Waals surface area contributed by atoms with E-state index in [1.807, 2.05) is 6.92 Å². The molecule has 0 aromatic carbocycles. The Morgan fingerprint density at radius 3 is 2.71 bits per heavy atom. The maximum atomic E-state index is 6.06. The lowest BCUT2D eigenvalue weighted by Crippen LogP contribution is -2.39. The zero-order chi connectivity index (χ0) is 10.2. The van der Waals surface area contributed by atoms with Crippen LogP contribution >= 0.6 is 23.1 Å². The van der Waals surface area contributed by atoms with Crippen LogP contribution in [0.2, 0.25) is 0 Å². The van der Waals surface area contributed by atoms with Crippen LogP contribution < -0.4 is 0 Å². The van der Waals surface area contributed by atoms with Crippen LogP contribution in [0, 0.1) is 18.3 Å². The average molecular weight is 231 g/mol. The number of halogens is 1. The van der Waals surface area contributed by atoms with Crippen molar-refractivity contribution in [3.63, 3.8) is 0 Å². The van der Waals surface area contributed by atoms with Crippen molar-refractivity contribution in [1.82, 2.24) is 9.59 Å². The van der Waals surface area contributed by atoms with E-state index in [2.05, 4.69) is 16.5 Å². The lowest BCUT2D eigenvalue weighted by atomic mass is 9.62. The molecule has 1 aliphatic rings. The normalized spacial score (nSPS) is 31.5. The van der Waals surface area contributed by atoms with Gasteiger partial charge in [0.05, 0.1) is 5.69 Å². The minimum Gasteiger partial charge on any atom is -0.143 e. The number of alkyl halides is 1. The summed E-state index contributed by atoms with van der Waals surface area (Å²) in [6.07, 6.45) is 3.59. The fourth-order valence-electron chi connectivity index (χ4n) is 2.47. The molecule has 78 valence electrons. The Hall–Kier alpha value is -0.150. The van der Waals surface area contributed by atoms with E-state index in [0.717, 1.165) is 23.9 Å². The van der Waals surface area contributed by atoms with Crippen LogP contribution in [0.5, 0.6) is 0 Å². The maximum Gasteiger partial charge on any atom is 0.0756 e. The summed E-state index contributed by atoms with van der Waals surface area (Å²) in [5.41, 5.74) is 1.43. The Morgan fingerprint density at radius 1 is 1.57 bits per heavy atom. The molecule has 1 aromatic rings. The number of hydrogen-bond donors (Lipinski definition) is 0. The van der Waals surface area contributed by atoms with Gasteiger partial charge in [0.15, 0.2) is 0 Å². The summed E-state index contributed by atoms with van der Waals surface area (Å²) in [6, 6.07) is 0. The summed E-state index contributed by atoms with van der Waals surface area (Å²) in [4.78, 5) is 1.32.